The van der Waals surface area contributed by atoms with E-state index in [9.17, 15) is 9.90 Å². The van der Waals surface area contributed by atoms with Crippen LogP contribution >= 0.6 is 23.2 Å². The zero-order chi connectivity index (χ0) is 12.6. The molecule has 17 heavy (non-hydrogen) atoms. The molecule has 6 heteroatoms. The third-order valence-corrected chi connectivity index (χ3v) is 3.61. The first kappa shape index (κ1) is 12.7. The van der Waals surface area contributed by atoms with E-state index in [1.54, 1.807) is 11.8 Å². The molecule has 1 fully saturated rings. The van der Waals surface area contributed by atoms with Gasteiger partial charge in [0, 0.05) is 13.1 Å². The summed E-state index contributed by atoms with van der Waals surface area (Å²) in [4.78, 5) is 16.5. The summed E-state index contributed by atoms with van der Waals surface area (Å²) in [6.45, 7) is 2.71. The molecule has 94 valence electrons. The molecular weight excluding hydrogens is 263 g/mol. The number of nitrogens with one attached hydrogen (secondary N) is 1. The SMILES string of the molecule is CC1(O)CCCN(C(=O)c2cc(Cl)c(Cl)[nH]2)C1. The molecule has 0 aromatic carbocycles. The van der Waals surface area contributed by atoms with Gasteiger partial charge in [-0.25, -0.2) is 0 Å². The van der Waals surface area contributed by atoms with Crippen molar-refractivity contribution in [3.8, 4) is 0 Å². The van der Waals surface area contributed by atoms with E-state index in [2.05, 4.69) is 4.98 Å². The van der Waals surface area contributed by atoms with Crippen molar-refractivity contribution in [1.82, 2.24) is 9.88 Å². The first-order valence-corrected chi connectivity index (χ1v) is 6.20. The topological polar surface area (TPSA) is 56.3 Å². The molecule has 1 aromatic rings. The summed E-state index contributed by atoms with van der Waals surface area (Å²) >= 11 is 11.5. The van der Waals surface area contributed by atoms with Crippen LogP contribution in [0.2, 0.25) is 10.2 Å². The molecule has 1 unspecified atom stereocenters. The Kier molecular flexibility index (Phi) is 3.39. The number of carbonyl (C=O) groups is 1. The molecule has 4 nitrogen and oxygen atoms in total. The van der Waals surface area contributed by atoms with E-state index in [1.165, 1.54) is 6.07 Å². The highest BCUT2D eigenvalue weighted by Gasteiger charge is 2.31. The molecule has 2 heterocycles. The number of rotatable bonds is 1. The summed E-state index contributed by atoms with van der Waals surface area (Å²) in [6, 6.07) is 1.51. The van der Waals surface area contributed by atoms with Crippen LogP contribution in [-0.2, 0) is 0 Å². The molecule has 1 saturated heterocycles. The van der Waals surface area contributed by atoms with Crippen LogP contribution in [-0.4, -0.2) is 39.6 Å². The summed E-state index contributed by atoms with van der Waals surface area (Å²) < 4.78 is 0. The van der Waals surface area contributed by atoms with Gasteiger partial charge in [0.25, 0.3) is 5.91 Å². The number of aromatic amines is 1. The van der Waals surface area contributed by atoms with E-state index in [1.807, 2.05) is 0 Å². The number of hydrogen-bond acceptors (Lipinski definition) is 2. The molecular formula is C11H14Cl2N2O2. The van der Waals surface area contributed by atoms with Crippen LogP contribution in [0.4, 0.5) is 0 Å². The monoisotopic (exact) mass is 276 g/mol. The van der Waals surface area contributed by atoms with Crippen LogP contribution in [0.25, 0.3) is 0 Å². The molecule has 2 N–H and O–H groups in total. The number of β-amino-alcohol motifs (C(OH)–C–C–N with tert-alkyl or cyclic N) is 1. The van der Waals surface area contributed by atoms with Crippen molar-refractivity contribution in [2.75, 3.05) is 13.1 Å². The Hall–Kier alpha value is -0.710. The van der Waals surface area contributed by atoms with Gasteiger partial charge >= 0.3 is 0 Å². The summed E-state index contributed by atoms with van der Waals surface area (Å²) in [7, 11) is 0. The Morgan fingerprint density at radius 2 is 2.29 bits per heavy atom. The van der Waals surface area contributed by atoms with Gasteiger partial charge in [0.15, 0.2) is 0 Å². The highest BCUT2D eigenvalue weighted by atomic mass is 35.5. The van der Waals surface area contributed by atoms with Crippen molar-refractivity contribution in [2.24, 2.45) is 0 Å². The molecule has 1 atom stereocenters. The van der Waals surface area contributed by atoms with E-state index < -0.39 is 5.60 Å². The lowest BCUT2D eigenvalue weighted by molar-refractivity contribution is -0.0109. The molecule has 1 aromatic heterocycles. The van der Waals surface area contributed by atoms with Gasteiger partial charge in [-0.15, -0.1) is 0 Å². The second-order valence-corrected chi connectivity index (χ2v) is 5.46. The fourth-order valence-corrected chi connectivity index (χ4v) is 2.40. The molecule has 0 spiro atoms. The average molecular weight is 277 g/mol. The lowest BCUT2D eigenvalue weighted by Crippen LogP contribution is -2.48. The average Bonchev–Trinajstić information content (AvgIpc) is 2.57. The van der Waals surface area contributed by atoms with Gasteiger partial charge in [-0.3, -0.25) is 4.79 Å². The Labute approximate surface area is 110 Å². The lowest BCUT2D eigenvalue weighted by atomic mass is 9.95. The lowest BCUT2D eigenvalue weighted by Gasteiger charge is -2.36. The number of piperidine rings is 1. The van der Waals surface area contributed by atoms with Crippen LogP contribution in [0, 0.1) is 0 Å². The van der Waals surface area contributed by atoms with Crippen molar-refractivity contribution >= 4 is 29.1 Å². The smallest absolute Gasteiger partial charge is 0.270 e. The molecule has 1 amide bonds. The predicted molar refractivity (Wildman–Crippen MR) is 66.6 cm³/mol. The van der Waals surface area contributed by atoms with Gasteiger partial charge < -0.3 is 15.0 Å². The Balaban J connectivity index is 2.15. The van der Waals surface area contributed by atoms with E-state index in [-0.39, 0.29) is 11.1 Å². The summed E-state index contributed by atoms with van der Waals surface area (Å²) in [5.41, 5.74) is -0.452. The van der Waals surface area contributed by atoms with Crippen molar-refractivity contribution in [3.63, 3.8) is 0 Å². The van der Waals surface area contributed by atoms with E-state index >= 15 is 0 Å². The minimum atomic E-state index is -0.811. The Morgan fingerprint density at radius 3 is 2.82 bits per heavy atom. The molecule has 0 radical (unpaired) electrons. The van der Waals surface area contributed by atoms with Crippen molar-refractivity contribution < 1.29 is 9.90 Å². The highest BCUT2D eigenvalue weighted by Crippen LogP contribution is 2.25. The number of nitrogens with zero attached hydrogens (tertiary/aromatic N) is 1. The van der Waals surface area contributed by atoms with Gasteiger partial charge in [-0.1, -0.05) is 23.2 Å². The van der Waals surface area contributed by atoms with Crippen molar-refractivity contribution in [2.45, 2.75) is 25.4 Å². The maximum atomic E-state index is 12.1. The number of aromatic nitrogens is 1. The second kappa shape index (κ2) is 4.52. The fraction of sp³-hybridized carbons (Fsp3) is 0.545. The van der Waals surface area contributed by atoms with Crippen LogP contribution in [0.3, 0.4) is 0 Å². The largest absolute Gasteiger partial charge is 0.388 e. The van der Waals surface area contributed by atoms with Gasteiger partial charge in [0.05, 0.1) is 10.6 Å². The fourth-order valence-electron chi connectivity index (χ4n) is 2.08. The number of halogens is 2. The van der Waals surface area contributed by atoms with Gasteiger partial charge in [-0.2, -0.15) is 0 Å². The van der Waals surface area contributed by atoms with Gasteiger partial charge in [0.1, 0.15) is 10.8 Å². The number of aliphatic hydroxyl groups is 1. The molecule has 2 rings (SSSR count). The third-order valence-electron chi connectivity index (χ3n) is 2.92. The number of H-pyrrole nitrogens is 1. The van der Waals surface area contributed by atoms with Crippen molar-refractivity contribution in [1.29, 1.82) is 0 Å². The van der Waals surface area contributed by atoms with Crippen LogP contribution in [0.15, 0.2) is 6.07 Å². The Morgan fingerprint density at radius 1 is 1.59 bits per heavy atom. The van der Waals surface area contributed by atoms with Crippen LogP contribution < -0.4 is 0 Å². The molecule has 1 aliphatic heterocycles. The summed E-state index contributed by atoms with van der Waals surface area (Å²) in [5, 5.41) is 10.5. The number of likely N-dealkylation sites (tertiary alicyclic amines) is 1. The first-order valence-electron chi connectivity index (χ1n) is 5.45. The quantitative estimate of drug-likeness (QED) is 0.827. The zero-order valence-corrected chi connectivity index (χ0v) is 11.0. The van der Waals surface area contributed by atoms with Gasteiger partial charge in [0.2, 0.25) is 0 Å². The van der Waals surface area contributed by atoms with E-state index in [4.69, 9.17) is 23.2 Å². The maximum Gasteiger partial charge on any atom is 0.270 e. The molecule has 1 aliphatic rings. The number of amides is 1. The van der Waals surface area contributed by atoms with E-state index in [0.717, 1.165) is 6.42 Å². The number of carbonyl (C=O) groups excluding carboxylic acids is 1. The number of hydrogen-bond donors (Lipinski definition) is 2. The molecule has 0 aliphatic carbocycles. The van der Waals surface area contributed by atoms with Crippen LogP contribution in [0.5, 0.6) is 0 Å². The summed E-state index contributed by atoms with van der Waals surface area (Å²) in [6.07, 6.45) is 1.50. The third kappa shape index (κ3) is 2.76. The highest BCUT2D eigenvalue weighted by molar-refractivity contribution is 6.41. The Bertz CT molecular complexity index is 423. The standard InChI is InChI=1S/C11H14Cl2N2O2/c1-11(17)3-2-4-15(6-11)10(16)8-5-7(12)9(13)14-8/h5,14,17H,2-4,6H2,1H3. The maximum absolute atomic E-state index is 12.1. The second-order valence-electron chi connectivity index (χ2n) is 4.67. The van der Waals surface area contributed by atoms with Gasteiger partial charge in [-0.05, 0) is 25.8 Å². The van der Waals surface area contributed by atoms with E-state index in [0.29, 0.717) is 30.2 Å². The molecule has 0 saturated carbocycles. The minimum Gasteiger partial charge on any atom is -0.388 e. The summed E-state index contributed by atoms with van der Waals surface area (Å²) in [5.74, 6) is -0.182. The minimum absolute atomic E-state index is 0.182. The normalized spacial score (nSPS) is 25.1. The first-order chi connectivity index (χ1) is 7.89. The predicted octanol–water partition coefficient (Wildman–Crippen LogP) is 2.31. The molecule has 0 bridgehead atoms. The van der Waals surface area contributed by atoms with Crippen molar-refractivity contribution in [3.05, 3.63) is 21.9 Å². The van der Waals surface area contributed by atoms with Crippen LogP contribution in [0.1, 0.15) is 30.3 Å². The zero-order valence-electron chi connectivity index (χ0n) is 9.46.